The van der Waals surface area contributed by atoms with Gasteiger partial charge in [-0.2, -0.15) is 0 Å². The first-order chi connectivity index (χ1) is 5.90. The molecule has 0 amide bonds. The van der Waals surface area contributed by atoms with Gasteiger partial charge in [-0.25, -0.2) is 0 Å². The predicted octanol–water partition coefficient (Wildman–Crippen LogP) is 0.409. The lowest BCUT2D eigenvalue weighted by Gasteiger charge is -1.99. The van der Waals surface area contributed by atoms with Crippen LogP contribution in [0.1, 0.15) is 35.8 Å². The second kappa shape index (κ2) is 1.09. The molecule has 8 heavy (non-hydrogen) atoms. The summed E-state index contributed by atoms with van der Waals surface area (Å²) in [6.07, 6.45) is 0. The van der Waals surface area contributed by atoms with Crippen LogP contribution in [0.25, 0.3) is 5.84 Å². The molecule has 0 radical (unpaired) electrons. The summed E-state index contributed by atoms with van der Waals surface area (Å²) in [5.41, 5.74) is -2.99. The van der Waals surface area contributed by atoms with Crippen LogP contribution < -0.4 is 5.01 Å². The van der Waals surface area contributed by atoms with Crippen molar-refractivity contribution in [3.63, 3.8) is 0 Å². The first-order valence-electron chi connectivity index (χ1n) is 5.50. The van der Waals surface area contributed by atoms with E-state index in [1.807, 2.05) is 0 Å². The van der Waals surface area contributed by atoms with Crippen molar-refractivity contribution < 1.29 is 13.2 Å². The zero-order valence-electron chi connectivity index (χ0n) is 11.0. The Morgan fingerprint density at radius 2 is 1.75 bits per heavy atom. The van der Waals surface area contributed by atoms with E-state index in [1.165, 1.54) is 13.8 Å². The average molecular weight is 120 g/mol. The van der Waals surface area contributed by atoms with Crippen LogP contribution in [0, 0.1) is 0 Å². The largest absolute Gasteiger partial charge is 0.468 e. The number of quaternary nitrogens is 1. The van der Waals surface area contributed by atoms with Gasteiger partial charge in [-0.05, 0) is 27.6 Å². The molecular weight excluding hydrogens is 100 g/mol. The molecule has 1 heterocycles. The smallest absolute Gasteiger partial charge is 0.138 e. The van der Waals surface area contributed by atoms with Gasteiger partial charge in [0.05, 0.1) is 0 Å². The summed E-state index contributed by atoms with van der Waals surface area (Å²) in [5, 5.41) is -0.190. The van der Waals surface area contributed by atoms with Crippen LogP contribution >= 0.6 is 0 Å². The van der Waals surface area contributed by atoms with Crippen LogP contribution in [0.15, 0.2) is 0 Å². The third-order valence-electron chi connectivity index (χ3n) is 1.88. The summed E-state index contributed by atoms with van der Waals surface area (Å²) < 4.78 is 43.6. The molecule has 0 aromatic heterocycles. The van der Waals surface area contributed by atoms with Crippen LogP contribution in [-0.4, -0.2) is 11.1 Å². The van der Waals surface area contributed by atoms with Crippen LogP contribution in [-0.2, 0) is 0 Å². The van der Waals surface area contributed by atoms with E-state index < -0.39 is 24.8 Å². The maximum Gasteiger partial charge on any atom is 0.138 e. The van der Waals surface area contributed by atoms with E-state index in [-0.39, 0.29) is 5.01 Å². The van der Waals surface area contributed by atoms with Crippen molar-refractivity contribution in [1.82, 2.24) is 0 Å². The van der Waals surface area contributed by atoms with Crippen molar-refractivity contribution in [3.8, 4) is 0 Å². The summed E-state index contributed by atoms with van der Waals surface area (Å²) in [5.74, 6) is 7.51. The van der Waals surface area contributed by atoms with Gasteiger partial charge >= 0.3 is 0 Å². The van der Waals surface area contributed by atoms with E-state index in [0.717, 1.165) is 0 Å². The molecule has 0 saturated carbocycles. The van der Waals surface area contributed by atoms with E-state index >= 15 is 0 Å². The van der Waals surface area contributed by atoms with Crippen LogP contribution in [0.3, 0.4) is 0 Å². The molecule has 0 bridgehead atoms. The molecule has 1 unspecified atom stereocenters. The quantitative estimate of drug-likeness (QED) is 0.449. The van der Waals surface area contributed by atoms with Crippen LogP contribution in [0.2, 0.25) is 0 Å². The highest BCUT2D eigenvalue weighted by molar-refractivity contribution is 4.99. The Balaban J connectivity index is 3.25. The average Bonchev–Trinajstić information content (AvgIpc) is 2.23. The van der Waals surface area contributed by atoms with Gasteiger partial charge in [0, 0.05) is 8.22 Å². The normalized spacial score (nSPS) is 53.6. The summed E-state index contributed by atoms with van der Waals surface area (Å²) in [4.78, 5) is 0. The second-order valence-corrected chi connectivity index (χ2v) is 2.75. The van der Waals surface area contributed by atoms with Crippen molar-refractivity contribution >= 4 is 0 Å². The van der Waals surface area contributed by atoms with Crippen LogP contribution in [0.4, 0.5) is 0 Å². The van der Waals surface area contributed by atoms with E-state index in [4.69, 9.17) is 14.1 Å². The Hall–Kier alpha value is -0.0800. The lowest BCUT2D eigenvalue weighted by atomic mass is 10.0. The third-order valence-corrected chi connectivity index (χ3v) is 1.88. The molecule has 1 aliphatic rings. The zero-order valence-corrected chi connectivity index (χ0v) is 5.00. The van der Waals surface area contributed by atoms with Crippen molar-refractivity contribution in [1.29, 1.82) is 0 Å². The Labute approximate surface area is 59.1 Å². The molecule has 0 spiro atoms. The molecule has 1 saturated heterocycles. The summed E-state index contributed by atoms with van der Waals surface area (Å²) in [6.45, 7) is -2.29. The van der Waals surface area contributed by atoms with Crippen molar-refractivity contribution in [2.45, 2.75) is 38.6 Å². The molecule has 2 N–H and O–H groups in total. The number of hydrogen-bond donors (Lipinski definition) is 1. The van der Waals surface area contributed by atoms with Gasteiger partial charge in [-0.3, -0.25) is 0 Å². The number of rotatable bonds is 0. The topological polar surface area (TPSA) is 28.2 Å². The maximum atomic E-state index is 7.51. The molecule has 0 aliphatic carbocycles. The molecule has 1 aliphatic heterocycles. The minimum atomic E-state index is -2.64. The fraction of sp³-hybridized carbons (Fsp3) is 1.00. The Bertz CT molecular complexity index is 222. The first-order valence-corrected chi connectivity index (χ1v) is 2.50. The van der Waals surface area contributed by atoms with Gasteiger partial charge in [0.25, 0.3) is 0 Å². The molecule has 0 aromatic rings. The van der Waals surface area contributed by atoms with Gasteiger partial charge in [0.2, 0.25) is 0 Å². The van der Waals surface area contributed by atoms with Gasteiger partial charge in [0.1, 0.15) is 11.1 Å². The predicted molar refractivity (Wildman–Crippen MR) is 33.4 cm³/mol. The molecule has 1 atom stereocenters. The van der Waals surface area contributed by atoms with Gasteiger partial charge in [-0.1, -0.05) is 0 Å². The highest BCUT2D eigenvalue weighted by Crippen LogP contribution is 2.28. The third kappa shape index (κ3) is 0.400. The molecule has 2 heteroatoms. The van der Waals surface area contributed by atoms with Crippen molar-refractivity contribution in [2.24, 2.45) is 0 Å². The first kappa shape index (κ1) is 1.96. The molecule has 1 rings (SSSR count). The molecular formula is C6H14N2. The van der Waals surface area contributed by atoms with E-state index in [2.05, 4.69) is 0 Å². The standard InChI is InChI=1S/C6H14N2/c1-5(2)6(3,4)8(5)7/h7-8H,1-4H3/i1D3,2D3. The fourth-order valence-electron chi connectivity index (χ4n) is 0.656. The minimum absolute atomic E-state index is 0.190. The molecule has 0 aromatic carbocycles. The van der Waals surface area contributed by atoms with E-state index in [9.17, 15) is 0 Å². The lowest BCUT2D eigenvalue weighted by Crippen LogP contribution is -2.92. The Morgan fingerprint density at radius 1 is 1.38 bits per heavy atom. The molecule has 2 nitrogen and oxygen atoms in total. The highest BCUT2D eigenvalue weighted by atomic mass is 15.6. The second-order valence-electron chi connectivity index (χ2n) is 2.75. The lowest BCUT2D eigenvalue weighted by molar-refractivity contribution is -0.758. The summed E-state index contributed by atoms with van der Waals surface area (Å²) >= 11 is 0. The van der Waals surface area contributed by atoms with Crippen molar-refractivity contribution in [2.75, 3.05) is 0 Å². The zero-order chi connectivity index (χ0) is 11.6. The van der Waals surface area contributed by atoms with E-state index in [0.29, 0.717) is 0 Å². The van der Waals surface area contributed by atoms with Crippen LogP contribution in [0.5, 0.6) is 0 Å². The molecule has 48 valence electrons. The summed E-state index contributed by atoms with van der Waals surface area (Å²) in [6, 6.07) is 0. The Kier molecular flexibility index (Phi) is 0.267. The monoisotopic (exact) mass is 120 g/mol. The maximum absolute atomic E-state index is 7.51. The summed E-state index contributed by atoms with van der Waals surface area (Å²) in [7, 11) is 0. The number of nitrogens with one attached hydrogen (secondary N) is 2. The minimum Gasteiger partial charge on any atom is -0.468 e. The fourth-order valence-corrected chi connectivity index (χ4v) is 0.656. The van der Waals surface area contributed by atoms with Gasteiger partial charge in [0.15, 0.2) is 0 Å². The van der Waals surface area contributed by atoms with Gasteiger partial charge in [-0.15, -0.1) is 0 Å². The van der Waals surface area contributed by atoms with Crippen molar-refractivity contribution in [3.05, 3.63) is 5.84 Å². The molecule has 1 fully saturated rings. The van der Waals surface area contributed by atoms with E-state index in [1.54, 1.807) is 0 Å². The SMILES string of the molecule is [2H]C([2H])([2H])C1(C([2H])([2H])[2H])[NH+]([NH-])C1(C)C. The number of hydrogen-bond acceptors (Lipinski definition) is 0. The Morgan fingerprint density at radius 3 is 1.75 bits per heavy atom. The highest BCUT2D eigenvalue weighted by Gasteiger charge is 2.64. The van der Waals surface area contributed by atoms with Gasteiger partial charge < -0.3 is 10.9 Å².